The largest absolute Gasteiger partial charge is 0.366 e. The van der Waals surface area contributed by atoms with Crippen LogP contribution in [0.4, 0.5) is 0 Å². The van der Waals surface area contributed by atoms with Gasteiger partial charge in [-0.2, -0.15) is 0 Å². The smallest absolute Gasteiger partial charge is 0.241 e. The fourth-order valence-corrected chi connectivity index (χ4v) is 2.65. The normalized spacial score (nSPS) is 11.2. The molecule has 0 radical (unpaired) electrons. The highest BCUT2D eigenvalue weighted by atomic mass is 16.1. The Morgan fingerprint density at radius 2 is 1.92 bits per heavy atom. The van der Waals surface area contributed by atoms with Crippen molar-refractivity contribution in [3.05, 3.63) is 59.4 Å². The van der Waals surface area contributed by atoms with E-state index in [4.69, 9.17) is 5.73 Å². The zero-order valence-corrected chi connectivity index (χ0v) is 13.5. The van der Waals surface area contributed by atoms with Gasteiger partial charge in [0.05, 0.1) is 0 Å². The molecule has 0 saturated carbocycles. The highest BCUT2D eigenvalue weighted by Gasteiger charge is 2.10. The van der Waals surface area contributed by atoms with Gasteiger partial charge in [-0.25, -0.2) is 4.98 Å². The van der Waals surface area contributed by atoms with Gasteiger partial charge in [-0.1, -0.05) is 24.3 Å². The maximum atomic E-state index is 11.4. The van der Waals surface area contributed by atoms with Gasteiger partial charge in [0.25, 0.3) is 0 Å². The number of nitrogens with zero attached hydrogens (tertiary/aromatic N) is 1. The topological polar surface area (TPSA) is 88.8 Å². The number of benzene rings is 1. The van der Waals surface area contributed by atoms with E-state index in [0.29, 0.717) is 5.56 Å². The first-order valence-electron chi connectivity index (χ1n) is 7.53. The Labute approximate surface area is 139 Å². The second-order valence-corrected chi connectivity index (χ2v) is 5.63. The van der Waals surface area contributed by atoms with E-state index in [9.17, 15) is 9.59 Å². The van der Waals surface area contributed by atoms with Gasteiger partial charge in [0.2, 0.25) is 5.91 Å². The lowest BCUT2D eigenvalue weighted by Crippen LogP contribution is -2.04. The first kappa shape index (κ1) is 15.7. The zero-order valence-electron chi connectivity index (χ0n) is 13.5. The molecule has 2 aromatic heterocycles. The third kappa shape index (κ3) is 2.96. The summed E-state index contributed by atoms with van der Waals surface area (Å²) >= 11 is 0. The van der Waals surface area contributed by atoms with Crippen LogP contribution in [-0.4, -0.2) is 21.7 Å². The van der Waals surface area contributed by atoms with Crippen LogP contribution in [0.1, 0.15) is 28.5 Å². The molecule has 0 spiro atoms. The van der Waals surface area contributed by atoms with E-state index in [0.717, 1.165) is 33.4 Å². The van der Waals surface area contributed by atoms with Crippen LogP contribution in [0.15, 0.2) is 42.6 Å². The number of hydrogen-bond donors (Lipinski definition) is 2. The predicted octanol–water partition coefficient (Wildman–Crippen LogP) is 3.24. The molecule has 3 rings (SSSR count). The van der Waals surface area contributed by atoms with Gasteiger partial charge in [-0.15, -0.1) is 0 Å². The number of amides is 1. The van der Waals surface area contributed by atoms with E-state index in [1.807, 2.05) is 37.3 Å². The molecule has 0 saturated heterocycles. The highest BCUT2D eigenvalue weighted by molar-refractivity contribution is 5.96. The summed E-state index contributed by atoms with van der Waals surface area (Å²) in [5.41, 5.74) is 10.3. The van der Waals surface area contributed by atoms with Crippen LogP contribution >= 0.6 is 0 Å². The minimum atomic E-state index is -0.496. The number of carbonyl (C=O) groups excluding carboxylic acids is 2. The average molecular weight is 319 g/mol. The molecule has 1 amide bonds. The fraction of sp³-hybridized carbons (Fsp3) is 0.105. The Hall–Kier alpha value is -3.21. The molecule has 0 atom stereocenters. The molecule has 5 heteroatoms. The number of pyridine rings is 1. The number of hydrogen-bond acceptors (Lipinski definition) is 3. The summed E-state index contributed by atoms with van der Waals surface area (Å²) in [6.07, 6.45) is 4.78. The second kappa shape index (κ2) is 6.12. The van der Waals surface area contributed by atoms with Crippen molar-refractivity contribution < 1.29 is 9.59 Å². The maximum Gasteiger partial charge on any atom is 0.241 e. The molecular formula is C19H17N3O2. The molecule has 0 aliphatic heterocycles. The van der Waals surface area contributed by atoms with Crippen molar-refractivity contribution in [2.75, 3.05) is 0 Å². The number of aromatic amines is 1. The van der Waals surface area contributed by atoms with E-state index < -0.39 is 5.91 Å². The number of aromatic nitrogens is 2. The summed E-state index contributed by atoms with van der Waals surface area (Å²) in [6, 6.07) is 9.48. The summed E-state index contributed by atoms with van der Waals surface area (Å²) in [5.74, 6) is -0.458. The third-order valence-corrected chi connectivity index (χ3v) is 3.92. The molecule has 3 aromatic rings. The van der Waals surface area contributed by atoms with Gasteiger partial charge in [0.15, 0.2) is 5.78 Å². The van der Waals surface area contributed by atoms with Crippen LogP contribution in [0.25, 0.3) is 28.2 Å². The molecule has 3 N–H and O–H groups in total. The number of H-pyrrole nitrogens is 1. The number of rotatable bonds is 4. The Kier molecular flexibility index (Phi) is 4.00. The van der Waals surface area contributed by atoms with Crippen molar-refractivity contribution in [2.24, 2.45) is 5.73 Å². The number of ketones is 1. The predicted molar refractivity (Wildman–Crippen MR) is 94.5 cm³/mol. The molecular weight excluding hydrogens is 302 g/mol. The molecule has 120 valence electrons. The first-order valence-corrected chi connectivity index (χ1v) is 7.53. The van der Waals surface area contributed by atoms with Crippen LogP contribution < -0.4 is 5.73 Å². The molecule has 0 unspecified atom stereocenters. The van der Waals surface area contributed by atoms with Gasteiger partial charge in [-0.3, -0.25) is 9.59 Å². The van der Waals surface area contributed by atoms with E-state index in [2.05, 4.69) is 9.97 Å². The number of nitrogens with two attached hydrogens (primary N) is 1. The van der Waals surface area contributed by atoms with E-state index in [-0.39, 0.29) is 5.78 Å². The number of aryl methyl sites for hydroxylation is 1. The maximum absolute atomic E-state index is 11.4. The number of carbonyl (C=O) groups is 2. The Morgan fingerprint density at radius 1 is 1.21 bits per heavy atom. The number of Topliss-reactive ketones (excluding diaryl/α,β-unsaturated/α-hetero) is 1. The molecule has 0 aliphatic carbocycles. The van der Waals surface area contributed by atoms with E-state index >= 15 is 0 Å². The molecule has 2 heterocycles. The number of nitrogens with one attached hydrogen (secondary N) is 1. The standard InChI is InChI=1S/C19H17N3O2/c1-11-16(14-5-3-13(4-6-14)12(2)23)9-17-15(7-8-18(20)24)10-21-19(17)22-11/h3-10H,1-2H3,(H2,20,24)(H,21,22)/b8-7+. The Morgan fingerprint density at radius 3 is 2.54 bits per heavy atom. The lowest BCUT2D eigenvalue weighted by Gasteiger charge is -2.07. The summed E-state index contributed by atoms with van der Waals surface area (Å²) in [4.78, 5) is 30.0. The molecule has 1 aromatic carbocycles. The summed E-state index contributed by atoms with van der Waals surface area (Å²) in [7, 11) is 0. The van der Waals surface area contributed by atoms with Gasteiger partial charge in [-0.05, 0) is 31.6 Å². The third-order valence-electron chi connectivity index (χ3n) is 3.92. The van der Waals surface area contributed by atoms with Crippen molar-refractivity contribution >= 4 is 28.8 Å². The van der Waals surface area contributed by atoms with E-state index in [1.165, 1.54) is 6.08 Å². The summed E-state index contributed by atoms with van der Waals surface area (Å²) < 4.78 is 0. The minimum absolute atomic E-state index is 0.0383. The quantitative estimate of drug-likeness (QED) is 0.571. The van der Waals surface area contributed by atoms with Crippen molar-refractivity contribution in [3.8, 4) is 11.1 Å². The van der Waals surface area contributed by atoms with E-state index in [1.54, 1.807) is 19.2 Å². The van der Waals surface area contributed by atoms with Crippen LogP contribution in [0, 0.1) is 6.92 Å². The number of fused-ring (bicyclic) bond motifs is 1. The monoisotopic (exact) mass is 319 g/mol. The SMILES string of the molecule is CC(=O)c1ccc(-c2cc3c(/C=C/C(N)=O)c[nH]c3nc2C)cc1. The fourth-order valence-electron chi connectivity index (χ4n) is 2.65. The van der Waals surface area contributed by atoms with Crippen LogP contribution in [-0.2, 0) is 4.79 Å². The van der Waals surface area contributed by atoms with Gasteiger partial charge < -0.3 is 10.7 Å². The van der Waals surface area contributed by atoms with Crippen molar-refractivity contribution in [3.63, 3.8) is 0 Å². The van der Waals surface area contributed by atoms with Gasteiger partial charge >= 0.3 is 0 Å². The lowest BCUT2D eigenvalue weighted by molar-refractivity contribution is -0.113. The van der Waals surface area contributed by atoms with Gasteiger partial charge in [0, 0.05) is 40.0 Å². The molecule has 0 bridgehead atoms. The second-order valence-electron chi connectivity index (χ2n) is 5.63. The number of primary amides is 1. The van der Waals surface area contributed by atoms with Crippen molar-refractivity contribution in [1.82, 2.24) is 9.97 Å². The summed E-state index contributed by atoms with van der Waals surface area (Å²) in [5, 5.41) is 0.906. The molecule has 0 aliphatic rings. The molecule has 5 nitrogen and oxygen atoms in total. The first-order chi connectivity index (χ1) is 11.5. The summed E-state index contributed by atoms with van der Waals surface area (Å²) in [6.45, 7) is 3.48. The lowest BCUT2D eigenvalue weighted by atomic mass is 10.00. The van der Waals surface area contributed by atoms with Crippen LogP contribution in [0.3, 0.4) is 0 Å². The Balaban J connectivity index is 2.10. The van der Waals surface area contributed by atoms with Gasteiger partial charge in [0.1, 0.15) is 5.65 Å². The van der Waals surface area contributed by atoms with Crippen LogP contribution in [0.2, 0.25) is 0 Å². The highest BCUT2D eigenvalue weighted by Crippen LogP contribution is 2.28. The molecule has 24 heavy (non-hydrogen) atoms. The Bertz CT molecular complexity index is 966. The van der Waals surface area contributed by atoms with Crippen LogP contribution in [0.5, 0.6) is 0 Å². The zero-order chi connectivity index (χ0) is 17.3. The minimum Gasteiger partial charge on any atom is -0.366 e. The van der Waals surface area contributed by atoms with Crippen molar-refractivity contribution in [1.29, 1.82) is 0 Å². The van der Waals surface area contributed by atoms with Crippen molar-refractivity contribution in [2.45, 2.75) is 13.8 Å². The average Bonchev–Trinajstić information content (AvgIpc) is 2.94. The molecule has 0 fully saturated rings.